The van der Waals surface area contributed by atoms with E-state index < -0.39 is 0 Å². The summed E-state index contributed by atoms with van der Waals surface area (Å²) in [6.07, 6.45) is 0. The van der Waals surface area contributed by atoms with Crippen LogP contribution in [0, 0.1) is 0 Å². The number of para-hydroxylation sites is 1. The second-order valence-corrected chi connectivity index (χ2v) is 2.79. The molecule has 0 radical (unpaired) electrons. The van der Waals surface area contributed by atoms with Gasteiger partial charge in [0.1, 0.15) is 5.75 Å². The standard InChI is InChI=1S/C10H15NO2/c1-8(11-13-3)9-6-4-5-7-10(9)12-2/h4-8,11H,1-3H3/t8-/m1/s1. The van der Waals surface area contributed by atoms with Gasteiger partial charge in [0.05, 0.1) is 20.3 Å². The summed E-state index contributed by atoms with van der Waals surface area (Å²) in [5.74, 6) is 0.875. The molecule has 1 rings (SSSR count). The predicted octanol–water partition coefficient (Wildman–Crippen LogP) is 1.91. The molecule has 0 saturated carbocycles. The maximum absolute atomic E-state index is 5.22. The van der Waals surface area contributed by atoms with Gasteiger partial charge < -0.3 is 9.57 Å². The molecule has 0 aliphatic carbocycles. The first-order valence-corrected chi connectivity index (χ1v) is 4.21. The van der Waals surface area contributed by atoms with Gasteiger partial charge in [0, 0.05) is 5.56 Å². The molecule has 0 bridgehead atoms. The second kappa shape index (κ2) is 4.84. The van der Waals surface area contributed by atoms with Crippen molar-refractivity contribution in [3.63, 3.8) is 0 Å². The van der Waals surface area contributed by atoms with Gasteiger partial charge in [-0.2, -0.15) is 5.48 Å². The lowest BCUT2D eigenvalue weighted by molar-refractivity contribution is 0.0651. The smallest absolute Gasteiger partial charge is 0.123 e. The highest BCUT2D eigenvalue weighted by Crippen LogP contribution is 2.23. The maximum atomic E-state index is 5.22. The monoisotopic (exact) mass is 181 g/mol. The molecule has 13 heavy (non-hydrogen) atoms. The summed E-state index contributed by atoms with van der Waals surface area (Å²) in [4.78, 5) is 4.85. The SMILES string of the molecule is CON[C@H](C)c1ccccc1OC. The van der Waals surface area contributed by atoms with Gasteiger partial charge in [-0.05, 0) is 13.0 Å². The van der Waals surface area contributed by atoms with Crippen molar-refractivity contribution in [2.45, 2.75) is 13.0 Å². The van der Waals surface area contributed by atoms with Gasteiger partial charge in [-0.15, -0.1) is 0 Å². The van der Waals surface area contributed by atoms with Gasteiger partial charge >= 0.3 is 0 Å². The van der Waals surface area contributed by atoms with Crippen LogP contribution >= 0.6 is 0 Å². The van der Waals surface area contributed by atoms with Gasteiger partial charge in [0.25, 0.3) is 0 Å². The Morgan fingerprint density at radius 2 is 1.92 bits per heavy atom. The number of methoxy groups -OCH3 is 1. The van der Waals surface area contributed by atoms with Crippen molar-refractivity contribution in [3.05, 3.63) is 29.8 Å². The highest BCUT2D eigenvalue weighted by Gasteiger charge is 2.08. The van der Waals surface area contributed by atoms with E-state index in [9.17, 15) is 0 Å². The number of hydroxylamine groups is 1. The van der Waals surface area contributed by atoms with Gasteiger partial charge in [-0.1, -0.05) is 18.2 Å². The molecule has 0 saturated heterocycles. The van der Waals surface area contributed by atoms with E-state index in [2.05, 4.69) is 5.48 Å². The van der Waals surface area contributed by atoms with Gasteiger partial charge in [-0.3, -0.25) is 0 Å². The molecule has 1 atom stereocenters. The molecule has 0 heterocycles. The van der Waals surface area contributed by atoms with E-state index in [1.54, 1.807) is 14.2 Å². The zero-order valence-corrected chi connectivity index (χ0v) is 8.20. The van der Waals surface area contributed by atoms with E-state index in [0.29, 0.717) is 0 Å². The zero-order chi connectivity index (χ0) is 9.68. The van der Waals surface area contributed by atoms with E-state index in [1.165, 1.54) is 0 Å². The molecular formula is C10H15NO2. The predicted molar refractivity (Wildman–Crippen MR) is 51.6 cm³/mol. The Bertz CT molecular complexity index is 263. The summed E-state index contributed by atoms with van der Waals surface area (Å²) >= 11 is 0. The van der Waals surface area contributed by atoms with Crippen LogP contribution in [0.15, 0.2) is 24.3 Å². The molecule has 0 aliphatic rings. The fourth-order valence-corrected chi connectivity index (χ4v) is 1.26. The van der Waals surface area contributed by atoms with Crippen LogP contribution in [0.2, 0.25) is 0 Å². The van der Waals surface area contributed by atoms with Crippen molar-refractivity contribution in [1.82, 2.24) is 5.48 Å². The Morgan fingerprint density at radius 3 is 2.54 bits per heavy atom. The highest BCUT2D eigenvalue weighted by atomic mass is 16.6. The third-order valence-electron chi connectivity index (χ3n) is 1.90. The fourth-order valence-electron chi connectivity index (χ4n) is 1.26. The van der Waals surface area contributed by atoms with Crippen molar-refractivity contribution in [3.8, 4) is 5.75 Å². The Kier molecular flexibility index (Phi) is 3.73. The first-order chi connectivity index (χ1) is 6.29. The first kappa shape index (κ1) is 10.0. The molecular weight excluding hydrogens is 166 g/mol. The van der Waals surface area contributed by atoms with Crippen molar-refractivity contribution in [2.24, 2.45) is 0 Å². The van der Waals surface area contributed by atoms with Crippen LogP contribution < -0.4 is 10.2 Å². The van der Waals surface area contributed by atoms with Crippen LogP contribution in [0.25, 0.3) is 0 Å². The van der Waals surface area contributed by atoms with E-state index in [1.807, 2.05) is 31.2 Å². The third-order valence-corrected chi connectivity index (χ3v) is 1.90. The molecule has 1 N–H and O–H groups in total. The van der Waals surface area contributed by atoms with Crippen LogP contribution in [0.1, 0.15) is 18.5 Å². The summed E-state index contributed by atoms with van der Waals surface area (Å²) in [5, 5.41) is 0. The number of hydrogen-bond donors (Lipinski definition) is 1. The van der Waals surface area contributed by atoms with Gasteiger partial charge in [-0.25, -0.2) is 0 Å². The number of benzene rings is 1. The van der Waals surface area contributed by atoms with Crippen LogP contribution in [0.4, 0.5) is 0 Å². The lowest BCUT2D eigenvalue weighted by atomic mass is 10.1. The van der Waals surface area contributed by atoms with Crippen molar-refractivity contribution >= 4 is 0 Å². The van der Waals surface area contributed by atoms with Crippen LogP contribution in [0.5, 0.6) is 5.75 Å². The maximum Gasteiger partial charge on any atom is 0.123 e. The topological polar surface area (TPSA) is 30.5 Å². The second-order valence-electron chi connectivity index (χ2n) is 2.79. The zero-order valence-electron chi connectivity index (χ0n) is 8.20. The molecule has 0 spiro atoms. The lowest BCUT2D eigenvalue weighted by Gasteiger charge is -2.15. The first-order valence-electron chi connectivity index (χ1n) is 4.21. The van der Waals surface area contributed by atoms with E-state index in [-0.39, 0.29) is 6.04 Å². The molecule has 0 fully saturated rings. The normalized spacial score (nSPS) is 12.5. The average molecular weight is 181 g/mol. The van der Waals surface area contributed by atoms with E-state index in [4.69, 9.17) is 9.57 Å². The quantitative estimate of drug-likeness (QED) is 0.720. The fraction of sp³-hybridized carbons (Fsp3) is 0.400. The molecule has 0 aromatic heterocycles. The van der Waals surface area contributed by atoms with Crippen molar-refractivity contribution in [1.29, 1.82) is 0 Å². The number of hydrogen-bond acceptors (Lipinski definition) is 3. The lowest BCUT2D eigenvalue weighted by Crippen LogP contribution is -2.17. The number of rotatable bonds is 4. The summed E-state index contributed by atoms with van der Waals surface area (Å²) in [6.45, 7) is 2.02. The molecule has 72 valence electrons. The molecule has 0 aliphatic heterocycles. The van der Waals surface area contributed by atoms with E-state index in [0.717, 1.165) is 11.3 Å². The molecule has 3 nitrogen and oxygen atoms in total. The third kappa shape index (κ3) is 2.44. The van der Waals surface area contributed by atoms with Gasteiger partial charge in [0.2, 0.25) is 0 Å². The summed E-state index contributed by atoms with van der Waals surface area (Å²) in [6, 6.07) is 7.99. The van der Waals surface area contributed by atoms with Crippen LogP contribution in [-0.2, 0) is 4.84 Å². The molecule has 0 unspecified atom stereocenters. The Balaban J connectivity index is 2.85. The molecule has 1 aromatic rings. The van der Waals surface area contributed by atoms with E-state index >= 15 is 0 Å². The van der Waals surface area contributed by atoms with Crippen LogP contribution in [0.3, 0.4) is 0 Å². The Labute approximate surface area is 78.6 Å². The van der Waals surface area contributed by atoms with Gasteiger partial charge in [0.15, 0.2) is 0 Å². The number of ether oxygens (including phenoxy) is 1. The average Bonchev–Trinajstić information content (AvgIpc) is 2.18. The van der Waals surface area contributed by atoms with Crippen LogP contribution in [-0.4, -0.2) is 14.2 Å². The molecule has 0 amide bonds. The minimum Gasteiger partial charge on any atom is -0.496 e. The Hall–Kier alpha value is -1.06. The summed E-state index contributed by atoms with van der Waals surface area (Å²) < 4.78 is 5.22. The Morgan fingerprint density at radius 1 is 1.23 bits per heavy atom. The summed E-state index contributed by atoms with van der Waals surface area (Å²) in [5.41, 5.74) is 3.95. The largest absolute Gasteiger partial charge is 0.496 e. The highest BCUT2D eigenvalue weighted by molar-refractivity contribution is 5.35. The molecule has 3 heteroatoms. The minimum atomic E-state index is 0.126. The number of nitrogens with one attached hydrogen (secondary N) is 1. The van der Waals surface area contributed by atoms with Crippen molar-refractivity contribution in [2.75, 3.05) is 14.2 Å². The summed E-state index contributed by atoms with van der Waals surface area (Å²) in [7, 11) is 3.27. The molecule has 1 aromatic carbocycles. The van der Waals surface area contributed by atoms with Crippen molar-refractivity contribution < 1.29 is 9.57 Å². The minimum absolute atomic E-state index is 0.126.